The van der Waals surface area contributed by atoms with Crippen LogP contribution in [0.3, 0.4) is 0 Å². The van der Waals surface area contributed by atoms with Crippen LogP contribution >= 0.6 is 0 Å². The summed E-state index contributed by atoms with van der Waals surface area (Å²) in [4.78, 5) is 0. The zero-order chi connectivity index (χ0) is 10.2. The highest BCUT2D eigenvalue weighted by Gasteiger charge is 2.00. The van der Waals surface area contributed by atoms with Crippen LogP contribution in [0.15, 0.2) is 29.4 Å². The Hall–Kier alpha value is -1.06. The number of ether oxygens (including phenoxy) is 1. The first kappa shape index (κ1) is 11.0. The van der Waals surface area contributed by atoms with Crippen molar-refractivity contribution in [2.75, 3.05) is 13.7 Å². The van der Waals surface area contributed by atoms with Gasteiger partial charge in [-0.05, 0) is 19.5 Å². The molecule has 0 radical (unpaired) electrons. The molecule has 0 aromatic carbocycles. The lowest BCUT2D eigenvalue weighted by Gasteiger charge is -1.97. The fourth-order valence-electron chi connectivity index (χ4n) is 1.14. The first-order valence-electron chi connectivity index (χ1n) is 4.76. The highest BCUT2D eigenvalue weighted by Crippen LogP contribution is 2.08. The molecule has 3 heteroatoms. The Morgan fingerprint density at radius 3 is 3.21 bits per heavy atom. The monoisotopic (exact) mass is 195 g/mol. The molecule has 0 aliphatic heterocycles. The van der Waals surface area contributed by atoms with Crippen molar-refractivity contribution in [3.8, 4) is 0 Å². The molecule has 0 saturated carbocycles. The quantitative estimate of drug-likeness (QED) is 0.534. The Labute approximate surface area is 84.8 Å². The van der Waals surface area contributed by atoms with Gasteiger partial charge in [0.2, 0.25) is 0 Å². The van der Waals surface area contributed by atoms with Crippen LogP contribution in [0, 0.1) is 0 Å². The summed E-state index contributed by atoms with van der Waals surface area (Å²) in [5, 5.41) is 3.06. The zero-order valence-corrected chi connectivity index (χ0v) is 8.58. The minimum absolute atomic E-state index is 0.539. The van der Waals surface area contributed by atoms with Gasteiger partial charge in [-0.25, -0.2) is 0 Å². The normalized spacial score (nSPS) is 10.4. The molecule has 3 nitrogen and oxygen atoms in total. The SMILES string of the molecule is C=CCCOCc1cc(CNC)co1. The summed E-state index contributed by atoms with van der Waals surface area (Å²) in [6, 6.07) is 2.00. The summed E-state index contributed by atoms with van der Waals surface area (Å²) in [5.74, 6) is 0.874. The van der Waals surface area contributed by atoms with Crippen LogP contribution in [-0.4, -0.2) is 13.7 Å². The van der Waals surface area contributed by atoms with Crippen molar-refractivity contribution in [2.45, 2.75) is 19.6 Å². The molecular weight excluding hydrogens is 178 g/mol. The number of hydrogen-bond acceptors (Lipinski definition) is 3. The smallest absolute Gasteiger partial charge is 0.129 e. The maximum atomic E-state index is 5.37. The molecule has 0 aliphatic carbocycles. The third-order valence-electron chi connectivity index (χ3n) is 1.80. The predicted molar refractivity (Wildman–Crippen MR) is 55.9 cm³/mol. The molecule has 1 heterocycles. The number of hydrogen-bond donors (Lipinski definition) is 1. The molecule has 0 amide bonds. The third kappa shape index (κ3) is 3.77. The second-order valence-electron chi connectivity index (χ2n) is 3.08. The molecule has 0 saturated heterocycles. The van der Waals surface area contributed by atoms with E-state index in [2.05, 4.69) is 11.9 Å². The molecule has 78 valence electrons. The van der Waals surface area contributed by atoms with E-state index in [4.69, 9.17) is 9.15 Å². The van der Waals surface area contributed by atoms with Crippen molar-refractivity contribution in [3.05, 3.63) is 36.3 Å². The Balaban J connectivity index is 2.25. The Morgan fingerprint density at radius 1 is 1.64 bits per heavy atom. The van der Waals surface area contributed by atoms with E-state index in [1.807, 2.05) is 19.2 Å². The van der Waals surface area contributed by atoms with E-state index in [-0.39, 0.29) is 0 Å². The second-order valence-corrected chi connectivity index (χ2v) is 3.08. The van der Waals surface area contributed by atoms with E-state index in [0.717, 1.165) is 24.3 Å². The van der Waals surface area contributed by atoms with E-state index in [0.29, 0.717) is 13.2 Å². The fourth-order valence-corrected chi connectivity index (χ4v) is 1.14. The van der Waals surface area contributed by atoms with Crippen LogP contribution in [-0.2, 0) is 17.9 Å². The number of nitrogens with one attached hydrogen (secondary N) is 1. The molecule has 1 aromatic heterocycles. The van der Waals surface area contributed by atoms with Gasteiger partial charge in [0, 0.05) is 12.1 Å². The minimum atomic E-state index is 0.539. The zero-order valence-electron chi connectivity index (χ0n) is 8.58. The van der Waals surface area contributed by atoms with Gasteiger partial charge in [-0.1, -0.05) is 6.08 Å². The van der Waals surface area contributed by atoms with Gasteiger partial charge < -0.3 is 14.5 Å². The molecule has 0 unspecified atom stereocenters. The summed E-state index contributed by atoms with van der Waals surface area (Å²) in [6.45, 7) is 5.69. The highest BCUT2D eigenvalue weighted by molar-refractivity contribution is 5.11. The van der Waals surface area contributed by atoms with Crippen LogP contribution < -0.4 is 5.32 Å². The van der Waals surface area contributed by atoms with Crippen LogP contribution in [0.5, 0.6) is 0 Å². The van der Waals surface area contributed by atoms with Gasteiger partial charge in [0.05, 0.1) is 12.9 Å². The molecule has 0 aliphatic rings. The summed E-state index contributed by atoms with van der Waals surface area (Å²) in [7, 11) is 1.91. The van der Waals surface area contributed by atoms with Crippen molar-refractivity contribution in [1.29, 1.82) is 0 Å². The van der Waals surface area contributed by atoms with Gasteiger partial charge >= 0.3 is 0 Å². The predicted octanol–water partition coefficient (Wildman–Crippen LogP) is 2.09. The maximum absolute atomic E-state index is 5.37. The Kier molecular flexibility index (Phi) is 5.04. The largest absolute Gasteiger partial charge is 0.467 e. The van der Waals surface area contributed by atoms with Gasteiger partial charge in [-0.3, -0.25) is 0 Å². The van der Waals surface area contributed by atoms with Crippen LogP contribution in [0.2, 0.25) is 0 Å². The van der Waals surface area contributed by atoms with Crippen LogP contribution in [0.1, 0.15) is 17.7 Å². The minimum Gasteiger partial charge on any atom is -0.467 e. The van der Waals surface area contributed by atoms with Crippen molar-refractivity contribution >= 4 is 0 Å². The van der Waals surface area contributed by atoms with Crippen molar-refractivity contribution in [3.63, 3.8) is 0 Å². The summed E-state index contributed by atoms with van der Waals surface area (Å²) >= 11 is 0. The lowest BCUT2D eigenvalue weighted by Crippen LogP contribution is -2.03. The maximum Gasteiger partial charge on any atom is 0.129 e. The second kappa shape index (κ2) is 6.40. The third-order valence-corrected chi connectivity index (χ3v) is 1.80. The van der Waals surface area contributed by atoms with Crippen LogP contribution in [0.4, 0.5) is 0 Å². The highest BCUT2D eigenvalue weighted by atomic mass is 16.5. The average Bonchev–Trinajstić information content (AvgIpc) is 2.61. The molecule has 0 bridgehead atoms. The van der Waals surface area contributed by atoms with Gasteiger partial charge in [0.25, 0.3) is 0 Å². The Bertz CT molecular complexity index is 268. The van der Waals surface area contributed by atoms with Crippen molar-refractivity contribution in [1.82, 2.24) is 5.32 Å². The fraction of sp³-hybridized carbons (Fsp3) is 0.455. The number of furan rings is 1. The lowest BCUT2D eigenvalue weighted by molar-refractivity contribution is 0.110. The molecule has 1 aromatic rings. The van der Waals surface area contributed by atoms with Gasteiger partial charge in [0.15, 0.2) is 0 Å². The first-order valence-corrected chi connectivity index (χ1v) is 4.76. The summed E-state index contributed by atoms with van der Waals surface area (Å²) in [6.07, 6.45) is 4.47. The Morgan fingerprint density at radius 2 is 2.50 bits per heavy atom. The molecule has 1 rings (SSSR count). The molecule has 14 heavy (non-hydrogen) atoms. The molecule has 1 N–H and O–H groups in total. The molecule has 0 atom stereocenters. The number of rotatable bonds is 7. The molecular formula is C11H17NO2. The summed E-state index contributed by atoms with van der Waals surface area (Å²) in [5.41, 5.74) is 1.15. The topological polar surface area (TPSA) is 34.4 Å². The van der Waals surface area contributed by atoms with Crippen molar-refractivity contribution in [2.24, 2.45) is 0 Å². The standard InChI is InChI=1S/C11H17NO2/c1-3-4-5-13-9-11-6-10(7-12-2)8-14-11/h3,6,8,12H,1,4-5,7,9H2,2H3. The molecule has 0 fully saturated rings. The summed E-state index contributed by atoms with van der Waals surface area (Å²) < 4.78 is 10.7. The van der Waals surface area contributed by atoms with Gasteiger partial charge in [-0.15, -0.1) is 6.58 Å². The van der Waals surface area contributed by atoms with Gasteiger partial charge in [0.1, 0.15) is 12.4 Å². The van der Waals surface area contributed by atoms with Gasteiger partial charge in [-0.2, -0.15) is 0 Å². The average molecular weight is 195 g/mol. The molecule has 0 spiro atoms. The first-order chi connectivity index (χ1) is 6.86. The van der Waals surface area contributed by atoms with E-state index in [1.54, 1.807) is 6.26 Å². The van der Waals surface area contributed by atoms with Crippen LogP contribution in [0.25, 0.3) is 0 Å². The lowest BCUT2D eigenvalue weighted by atomic mass is 10.3. The van der Waals surface area contributed by atoms with E-state index in [9.17, 15) is 0 Å². The van der Waals surface area contributed by atoms with E-state index in [1.165, 1.54) is 0 Å². The van der Waals surface area contributed by atoms with E-state index < -0.39 is 0 Å². The van der Waals surface area contributed by atoms with Crippen molar-refractivity contribution < 1.29 is 9.15 Å². The van der Waals surface area contributed by atoms with E-state index >= 15 is 0 Å².